The number of aromatic nitrogens is 2. The van der Waals surface area contributed by atoms with Crippen LogP contribution in [0.25, 0.3) is 11.4 Å². The van der Waals surface area contributed by atoms with Crippen molar-refractivity contribution >= 4 is 28.4 Å². The van der Waals surface area contributed by atoms with Crippen molar-refractivity contribution in [1.29, 1.82) is 0 Å². The Kier molecular flexibility index (Phi) is 3.88. The zero-order chi connectivity index (χ0) is 15.0. The average Bonchev–Trinajstić information content (AvgIpc) is 3.33. The SMILES string of the molecule is CNc1nc(-c2ccc(O)c(OC)c2)nc(C2CC2)c1I. The summed E-state index contributed by atoms with van der Waals surface area (Å²) in [5, 5.41) is 12.8. The van der Waals surface area contributed by atoms with Gasteiger partial charge in [0.1, 0.15) is 5.82 Å². The molecule has 6 heteroatoms. The van der Waals surface area contributed by atoms with Gasteiger partial charge in [-0.25, -0.2) is 9.97 Å². The Morgan fingerprint density at radius 3 is 2.71 bits per heavy atom. The van der Waals surface area contributed by atoms with E-state index in [1.54, 1.807) is 18.2 Å². The van der Waals surface area contributed by atoms with Gasteiger partial charge in [0.25, 0.3) is 0 Å². The average molecular weight is 397 g/mol. The molecule has 1 fully saturated rings. The molecule has 0 saturated heterocycles. The highest BCUT2D eigenvalue weighted by Crippen LogP contribution is 2.43. The van der Waals surface area contributed by atoms with E-state index in [9.17, 15) is 5.11 Å². The lowest BCUT2D eigenvalue weighted by Gasteiger charge is -2.12. The third-order valence-corrected chi connectivity index (χ3v) is 4.58. The summed E-state index contributed by atoms with van der Waals surface area (Å²) in [6, 6.07) is 5.16. The van der Waals surface area contributed by atoms with Crippen molar-refractivity contribution in [3.63, 3.8) is 0 Å². The molecule has 0 bridgehead atoms. The van der Waals surface area contributed by atoms with Gasteiger partial charge in [-0.05, 0) is 53.6 Å². The minimum absolute atomic E-state index is 0.114. The zero-order valence-electron chi connectivity index (χ0n) is 11.9. The number of anilines is 1. The van der Waals surface area contributed by atoms with E-state index in [2.05, 4.69) is 32.9 Å². The van der Waals surface area contributed by atoms with Crippen LogP contribution < -0.4 is 10.1 Å². The second-order valence-corrected chi connectivity index (χ2v) is 6.08. The second kappa shape index (κ2) is 5.67. The van der Waals surface area contributed by atoms with Crippen molar-refractivity contribution in [2.75, 3.05) is 19.5 Å². The van der Waals surface area contributed by atoms with Gasteiger partial charge >= 0.3 is 0 Å². The van der Waals surface area contributed by atoms with Gasteiger partial charge in [-0.15, -0.1) is 0 Å². The molecule has 0 spiro atoms. The number of nitrogens with one attached hydrogen (secondary N) is 1. The number of benzene rings is 1. The van der Waals surface area contributed by atoms with Crippen LogP contribution in [0.1, 0.15) is 24.5 Å². The van der Waals surface area contributed by atoms with Crippen molar-refractivity contribution in [3.05, 3.63) is 27.5 Å². The van der Waals surface area contributed by atoms with E-state index in [0.29, 0.717) is 17.5 Å². The Hall–Kier alpha value is -1.57. The van der Waals surface area contributed by atoms with Gasteiger partial charge in [0.05, 0.1) is 16.4 Å². The molecule has 1 aliphatic carbocycles. The Labute approximate surface area is 136 Å². The molecular weight excluding hydrogens is 381 g/mol. The highest BCUT2D eigenvalue weighted by molar-refractivity contribution is 14.1. The maximum Gasteiger partial charge on any atom is 0.161 e. The first-order valence-electron chi connectivity index (χ1n) is 6.76. The van der Waals surface area contributed by atoms with Gasteiger partial charge in [-0.1, -0.05) is 0 Å². The third-order valence-electron chi connectivity index (χ3n) is 3.52. The van der Waals surface area contributed by atoms with Crippen molar-refractivity contribution in [2.24, 2.45) is 0 Å². The summed E-state index contributed by atoms with van der Waals surface area (Å²) < 4.78 is 6.24. The molecule has 1 saturated carbocycles. The van der Waals surface area contributed by atoms with E-state index in [0.717, 1.165) is 20.6 Å². The maximum atomic E-state index is 9.70. The Balaban J connectivity index is 2.11. The van der Waals surface area contributed by atoms with Crippen LogP contribution in [0.2, 0.25) is 0 Å². The normalized spacial score (nSPS) is 14.0. The molecule has 0 radical (unpaired) electrons. The van der Waals surface area contributed by atoms with Gasteiger partial charge < -0.3 is 15.2 Å². The van der Waals surface area contributed by atoms with E-state index in [1.807, 2.05) is 7.05 Å². The minimum atomic E-state index is 0.114. The predicted molar refractivity (Wildman–Crippen MR) is 89.9 cm³/mol. The summed E-state index contributed by atoms with van der Waals surface area (Å²) >= 11 is 2.30. The van der Waals surface area contributed by atoms with Crippen LogP contribution in [0.4, 0.5) is 5.82 Å². The standard InChI is InChI=1S/C15H16IN3O2/c1-17-15-12(16)13(8-3-4-8)18-14(19-15)9-5-6-10(20)11(7-9)21-2/h5-8,20H,3-4H2,1-2H3,(H,17,18,19). The summed E-state index contributed by atoms with van der Waals surface area (Å²) in [5.41, 5.74) is 1.94. The van der Waals surface area contributed by atoms with E-state index >= 15 is 0 Å². The largest absolute Gasteiger partial charge is 0.504 e. The van der Waals surface area contributed by atoms with Crippen molar-refractivity contribution in [3.8, 4) is 22.9 Å². The fraction of sp³-hybridized carbons (Fsp3) is 0.333. The second-order valence-electron chi connectivity index (χ2n) is 5.01. The predicted octanol–water partition coefficient (Wildman–Crippen LogP) is 3.38. The van der Waals surface area contributed by atoms with Crippen LogP contribution >= 0.6 is 22.6 Å². The van der Waals surface area contributed by atoms with Gasteiger partial charge in [0.15, 0.2) is 17.3 Å². The highest BCUT2D eigenvalue weighted by atomic mass is 127. The number of phenols is 1. The molecular formula is C15H16IN3O2. The summed E-state index contributed by atoms with van der Waals surface area (Å²) in [7, 11) is 3.39. The molecule has 0 unspecified atom stereocenters. The van der Waals surface area contributed by atoms with Crippen molar-refractivity contribution in [1.82, 2.24) is 9.97 Å². The lowest BCUT2D eigenvalue weighted by molar-refractivity contribution is 0.373. The van der Waals surface area contributed by atoms with Crippen LogP contribution in [-0.4, -0.2) is 29.2 Å². The lowest BCUT2D eigenvalue weighted by atomic mass is 10.1. The van der Waals surface area contributed by atoms with Gasteiger partial charge in [-0.2, -0.15) is 0 Å². The molecule has 1 aliphatic rings. The molecule has 2 aromatic rings. The van der Waals surface area contributed by atoms with Gasteiger partial charge in [-0.3, -0.25) is 0 Å². The third kappa shape index (κ3) is 2.76. The Morgan fingerprint density at radius 1 is 1.33 bits per heavy atom. The monoisotopic (exact) mass is 397 g/mol. The Morgan fingerprint density at radius 2 is 2.10 bits per heavy atom. The summed E-state index contributed by atoms with van der Waals surface area (Å²) in [6.07, 6.45) is 2.38. The smallest absolute Gasteiger partial charge is 0.161 e. The molecule has 0 amide bonds. The summed E-state index contributed by atoms with van der Waals surface area (Å²) in [5.74, 6) is 2.58. The molecule has 5 nitrogen and oxygen atoms in total. The number of methoxy groups -OCH3 is 1. The number of aromatic hydroxyl groups is 1. The number of halogens is 1. The molecule has 0 aliphatic heterocycles. The maximum absolute atomic E-state index is 9.70. The van der Waals surface area contributed by atoms with E-state index in [-0.39, 0.29) is 5.75 Å². The number of rotatable bonds is 4. The number of hydrogen-bond donors (Lipinski definition) is 2. The number of hydrogen-bond acceptors (Lipinski definition) is 5. The van der Waals surface area contributed by atoms with Crippen LogP contribution in [0.15, 0.2) is 18.2 Å². The molecule has 21 heavy (non-hydrogen) atoms. The summed E-state index contributed by atoms with van der Waals surface area (Å²) in [4.78, 5) is 9.29. The first-order valence-corrected chi connectivity index (χ1v) is 7.84. The molecule has 110 valence electrons. The fourth-order valence-corrected chi connectivity index (χ4v) is 3.15. The zero-order valence-corrected chi connectivity index (χ0v) is 14.0. The first-order chi connectivity index (χ1) is 10.1. The van der Waals surface area contributed by atoms with Crippen molar-refractivity contribution in [2.45, 2.75) is 18.8 Å². The van der Waals surface area contributed by atoms with E-state index in [4.69, 9.17) is 9.72 Å². The Bertz CT molecular complexity index is 687. The highest BCUT2D eigenvalue weighted by Gasteiger charge is 2.29. The van der Waals surface area contributed by atoms with E-state index in [1.165, 1.54) is 20.0 Å². The number of phenolic OH excluding ortho intramolecular Hbond substituents is 1. The molecule has 1 aromatic heterocycles. The van der Waals surface area contributed by atoms with Crippen LogP contribution in [-0.2, 0) is 0 Å². The minimum Gasteiger partial charge on any atom is -0.504 e. The molecule has 2 N–H and O–H groups in total. The van der Waals surface area contributed by atoms with Crippen molar-refractivity contribution < 1.29 is 9.84 Å². The van der Waals surface area contributed by atoms with Gasteiger partial charge in [0, 0.05) is 18.5 Å². The summed E-state index contributed by atoms with van der Waals surface area (Å²) in [6.45, 7) is 0. The number of nitrogens with zero attached hydrogens (tertiary/aromatic N) is 2. The quantitative estimate of drug-likeness (QED) is 0.775. The topological polar surface area (TPSA) is 67.3 Å². The lowest BCUT2D eigenvalue weighted by Crippen LogP contribution is -2.04. The molecule has 1 aromatic carbocycles. The first kappa shape index (κ1) is 14.4. The number of ether oxygens (including phenoxy) is 1. The molecule has 0 atom stereocenters. The van der Waals surface area contributed by atoms with Crippen LogP contribution in [0.3, 0.4) is 0 Å². The fourth-order valence-electron chi connectivity index (χ4n) is 2.20. The van der Waals surface area contributed by atoms with Gasteiger partial charge in [0.2, 0.25) is 0 Å². The van der Waals surface area contributed by atoms with Crippen LogP contribution in [0.5, 0.6) is 11.5 Å². The molecule has 3 rings (SSSR count). The van der Waals surface area contributed by atoms with E-state index < -0.39 is 0 Å². The molecule has 1 heterocycles. The van der Waals surface area contributed by atoms with Crippen LogP contribution in [0, 0.1) is 3.57 Å².